The molecule has 0 amide bonds. The summed E-state index contributed by atoms with van der Waals surface area (Å²) in [6.07, 6.45) is 2.60. The molecule has 1 heterocycles. The number of nitrogens with one attached hydrogen (secondary N) is 2. The largest absolute Gasteiger partial charge is 0.494 e. The number of guanidine groups is 1. The van der Waals surface area contributed by atoms with Crippen molar-refractivity contribution in [3.8, 4) is 5.75 Å². The number of nitrogens with zero attached hydrogens (tertiary/aromatic N) is 1. The molecule has 1 aromatic rings. The molecular formula is C18H30IN3O2. The maximum Gasteiger partial charge on any atom is 0.191 e. The molecule has 1 aromatic carbocycles. The van der Waals surface area contributed by atoms with Crippen LogP contribution in [0.15, 0.2) is 23.2 Å². The van der Waals surface area contributed by atoms with E-state index in [1.165, 1.54) is 5.56 Å². The second-order valence-corrected chi connectivity index (χ2v) is 5.74. The van der Waals surface area contributed by atoms with Crippen molar-refractivity contribution in [2.75, 3.05) is 26.3 Å². The van der Waals surface area contributed by atoms with E-state index in [0.717, 1.165) is 49.8 Å². The van der Waals surface area contributed by atoms with E-state index in [-0.39, 0.29) is 24.0 Å². The summed E-state index contributed by atoms with van der Waals surface area (Å²) >= 11 is 0. The lowest BCUT2D eigenvalue weighted by atomic mass is 10.1. The Kier molecular flexibility index (Phi) is 10.1. The van der Waals surface area contributed by atoms with Gasteiger partial charge in [-0.1, -0.05) is 12.1 Å². The summed E-state index contributed by atoms with van der Waals surface area (Å²) in [4.78, 5) is 4.66. The molecule has 0 aliphatic carbocycles. The SMILES string of the molecule is CCNC(=NCc1ccc(OCC)c(C)c1)NCC1CCCO1.I. The number of rotatable bonds is 7. The summed E-state index contributed by atoms with van der Waals surface area (Å²) in [6, 6.07) is 6.24. The minimum atomic E-state index is 0. The van der Waals surface area contributed by atoms with Crippen molar-refractivity contribution in [3.63, 3.8) is 0 Å². The van der Waals surface area contributed by atoms with Crippen LogP contribution in [0.3, 0.4) is 0 Å². The van der Waals surface area contributed by atoms with Gasteiger partial charge in [-0.25, -0.2) is 4.99 Å². The topological polar surface area (TPSA) is 54.9 Å². The fraction of sp³-hybridized carbons (Fsp3) is 0.611. The molecule has 1 aliphatic heterocycles. The van der Waals surface area contributed by atoms with Gasteiger partial charge < -0.3 is 20.1 Å². The first-order valence-electron chi connectivity index (χ1n) is 8.59. The molecule has 136 valence electrons. The van der Waals surface area contributed by atoms with E-state index in [0.29, 0.717) is 19.3 Å². The molecule has 2 rings (SSSR count). The summed E-state index contributed by atoms with van der Waals surface area (Å²) in [7, 11) is 0. The van der Waals surface area contributed by atoms with Crippen molar-refractivity contribution in [2.45, 2.75) is 46.3 Å². The van der Waals surface area contributed by atoms with Crippen LogP contribution in [0.5, 0.6) is 5.75 Å². The van der Waals surface area contributed by atoms with Crippen LogP contribution in [0.2, 0.25) is 0 Å². The van der Waals surface area contributed by atoms with Crippen LogP contribution in [-0.4, -0.2) is 38.4 Å². The Balaban J connectivity index is 0.00000288. The van der Waals surface area contributed by atoms with Gasteiger partial charge in [-0.2, -0.15) is 0 Å². The zero-order valence-corrected chi connectivity index (χ0v) is 17.3. The van der Waals surface area contributed by atoms with Gasteiger partial charge in [-0.3, -0.25) is 0 Å². The fourth-order valence-corrected chi connectivity index (χ4v) is 2.66. The molecule has 1 unspecified atom stereocenters. The summed E-state index contributed by atoms with van der Waals surface area (Å²) < 4.78 is 11.2. The number of ether oxygens (including phenoxy) is 2. The first kappa shape index (κ1) is 21.0. The number of hydrogen-bond donors (Lipinski definition) is 2. The van der Waals surface area contributed by atoms with Gasteiger partial charge in [0.25, 0.3) is 0 Å². The summed E-state index contributed by atoms with van der Waals surface area (Å²) in [5, 5.41) is 6.65. The van der Waals surface area contributed by atoms with Gasteiger partial charge in [-0.05, 0) is 50.8 Å². The molecule has 0 radical (unpaired) electrons. The highest BCUT2D eigenvalue weighted by atomic mass is 127. The first-order valence-corrected chi connectivity index (χ1v) is 8.59. The summed E-state index contributed by atoms with van der Waals surface area (Å²) in [6.45, 7) is 10.0. The average molecular weight is 447 g/mol. The fourth-order valence-electron chi connectivity index (χ4n) is 2.66. The van der Waals surface area contributed by atoms with Crippen LogP contribution in [0.4, 0.5) is 0 Å². The van der Waals surface area contributed by atoms with Crippen LogP contribution >= 0.6 is 24.0 Å². The maximum atomic E-state index is 5.64. The Morgan fingerprint density at radius 1 is 1.33 bits per heavy atom. The highest BCUT2D eigenvalue weighted by Crippen LogP contribution is 2.19. The molecular weight excluding hydrogens is 417 g/mol. The second kappa shape index (κ2) is 11.5. The standard InChI is InChI=1S/C18H29N3O2.HI/c1-4-19-18(21-13-16-7-6-10-23-16)20-12-15-8-9-17(22-5-2)14(3)11-15;/h8-9,11,16H,4-7,10,12-13H2,1-3H3,(H2,19,20,21);1H. The molecule has 0 spiro atoms. The Hall–Kier alpha value is -1.02. The van der Waals surface area contributed by atoms with Crippen LogP contribution in [0.1, 0.15) is 37.8 Å². The average Bonchev–Trinajstić information content (AvgIpc) is 3.06. The van der Waals surface area contributed by atoms with Gasteiger partial charge in [-0.15, -0.1) is 24.0 Å². The van der Waals surface area contributed by atoms with E-state index >= 15 is 0 Å². The van der Waals surface area contributed by atoms with Crippen LogP contribution in [0, 0.1) is 6.92 Å². The summed E-state index contributed by atoms with van der Waals surface area (Å²) in [5.41, 5.74) is 2.33. The summed E-state index contributed by atoms with van der Waals surface area (Å²) in [5.74, 6) is 1.79. The molecule has 6 heteroatoms. The minimum absolute atomic E-state index is 0. The number of aliphatic imine (C=N–C) groups is 1. The molecule has 0 saturated carbocycles. The molecule has 1 fully saturated rings. The zero-order valence-electron chi connectivity index (χ0n) is 14.9. The Morgan fingerprint density at radius 3 is 2.79 bits per heavy atom. The van der Waals surface area contributed by atoms with Crippen LogP contribution in [-0.2, 0) is 11.3 Å². The molecule has 5 nitrogen and oxygen atoms in total. The number of benzene rings is 1. The van der Waals surface area contributed by atoms with Crippen molar-refractivity contribution >= 4 is 29.9 Å². The van der Waals surface area contributed by atoms with Crippen LogP contribution in [0.25, 0.3) is 0 Å². The van der Waals surface area contributed by atoms with Gasteiger partial charge >= 0.3 is 0 Å². The lowest BCUT2D eigenvalue weighted by molar-refractivity contribution is 0.114. The maximum absolute atomic E-state index is 5.64. The van der Waals surface area contributed by atoms with Gasteiger partial charge in [0.15, 0.2) is 5.96 Å². The third kappa shape index (κ3) is 6.84. The molecule has 0 bridgehead atoms. The van der Waals surface area contributed by atoms with Crippen molar-refractivity contribution in [1.29, 1.82) is 0 Å². The smallest absolute Gasteiger partial charge is 0.191 e. The predicted octanol–water partition coefficient (Wildman–Crippen LogP) is 3.25. The normalized spacial score (nSPS) is 17.3. The molecule has 1 aliphatic rings. The van der Waals surface area contributed by atoms with Crippen LogP contribution < -0.4 is 15.4 Å². The van der Waals surface area contributed by atoms with Gasteiger partial charge in [0.05, 0.1) is 19.3 Å². The van der Waals surface area contributed by atoms with E-state index in [1.807, 2.05) is 13.0 Å². The predicted molar refractivity (Wildman–Crippen MR) is 110 cm³/mol. The van der Waals surface area contributed by atoms with Gasteiger partial charge in [0, 0.05) is 19.7 Å². The molecule has 1 atom stereocenters. The second-order valence-electron chi connectivity index (χ2n) is 5.74. The third-order valence-corrected chi connectivity index (χ3v) is 3.82. The van der Waals surface area contributed by atoms with Gasteiger partial charge in [0.2, 0.25) is 0 Å². The lowest BCUT2D eigenvalue weighted by Crippen LogP contribution is -2.41. The zero-order chi connectivity index (χ0) is 16.5. The van der Waals surface area contributed by atoms with Gasteiger partial charge in [0.1, 0.15) is 5.75 Å². The monoisotopic (exact) mass is 447 g/mol. The quantitative estimate of drug-likeness (QED) is 0.383. The minimum Gasteiger partial charge on any atom is -0.494 e. The van der Waals surface area contributed by atoms with E-state index in [1.54, 1.807) is 0 Å². The van der Waals surface area contributed by atoms with Crippen molar-refractivity contribution in [2.24, 2.45) is 4.99 Å². The lowest BCUT2D eigenvalue weighted by Gasteiger charge is -2.15. The molecule has 0 aromatic heterocycles. The molecule has 24 heavy (non-hydrogen) atoms. The van der Waals surface area contributed by atoms with E-state index in [9.17, 15) is 0 Å². The van der Waals surface area contributed by atoms with Crippen molar-refractivity contribution in [3.05, 3.63) is 29.3 Å². The number of hydrogen-bond acceptors (Lipinski definition) is 3. The van der Waals surface area contributed by atoms with Crippen molar-refractivity contribution < 1.29 is 9.47 Å². The van der Waals surface area contributed by atoms with E-state index in [2.05, 4.69) is 41.6 Å². The Labute approximate surface area is 162 Å². The van der Waals surface area contributed by atoms with Crippen molar-refractivity contribution in [1.82, 2.24) is 10.6 Å². The van der Waals surface area contributed by atoms with E-state index in [4.69, 9.17) is 9.47 Å². The third-order valence-electron chi connectivity index (χ3n) is 3.82. The first-order chi connectivity index (χ1) is 11.2. The Bertz CT molecular complexity index is 517. The highest BCUT2D eigenvalue weighted by molar-refractivity contribution is 14.0. The van der Waals surface area contributed by atoms with E-state index < -0.39 is 0 Å². The molecule has 1 saturated heterocycles. The molecule has 2 N–H and O–H groups in total. The Morgan fingerprint density at radius 2 is 2.17 bits per heavy atom. The number of halogens is 1. The number of aryl methyl sites for hydroxylation is 1. The highest BCUT2D eigenvalue weighted by Gasteiger charge is 2.15.